The van der Waals surface area contributed by atoms with Crippen LogP contribution in [0.5, 0.6) is 0 Å². The zero-order valence-corrected chi connectivity index (χ0v) is 13.8. The molecule has 0 amide bonds. The van der Waals surface area contributed by atoms with E-state index in [4.69, 9.17) is 5.73 Å². The summed E-state index contributed by atoms with van der Waals surface area (Å²) >= 11 is 0. The standard InChI is InChI=1S/C15H25N3O2S/c1-12-9-13(10-16)5-6-14(12)21(19,20)17-11-15(18(2)3)7-4-8-15/h5-6,9,17H,4,7-8,10-11,16H2,1-3H3. The first-order valence-electron chi connectivity index (χ1n) is 7.27. The summed E-state index contributed by atoms with van der Waals surface area (Å²) in [5, 5.41) is 0. The number of sulfonamides is 1. The van der Waals surface area contributed by atoms with Gasteiger partial charge in [0.05, 0.1) is 4.90 Å². The number of hydrogen-bond donors (Lipinski definition) is 2. The lowest BCUT2D eigenvalue weighted by Gasteiger charge is -2.47. The van der Waals surface area contributed by atoms with Crippen LogP contribution in [0.25, 0.3) is 0 Å². The van der Waals surface area contributed by atoms with E-state index in [1.54, 1.807) is 19.1 Å². The summed E-state index contributed by atoms with van der Waals surface area (Å²) in [6.45, 7) is 2.68. The van der Waals surface area contributed by atoms with Crippen LogP contribution in [-0.4, -0.2) is 39.5 Å². The lowest BCUT2D eigenvalue weighted by molar-refractivity contribution is 0.0657. The predicted octanol–water partition coefficient (Wildman–Crippen LogP) is 1.22. The van der Waals surface area contributed by atoms with Gasteiger partial charge < -0.3 is 10.6 Å². The molecule has 0 aliphatic heterocycles. The number of aryl methyl sites for hydroxylation is 1. The topological polar surface area (TPSA) is 75.4 Å². The third kappa shape index (κ3) is 3.29. The second-order valence-corrected chi connectivity index (χ2v) is 7.84. The number of nitrogens with zero attached hydrogens (tertiary/aromatic N) is 1. The normalized spacial score (nSPS) is 17.8. The summed E-state index contributed by atoms with van der Waals surface area (Å²) < 4.78 is 27.8. The Balaban J connectivity index is 2.15. The van der Waals surface area contributed by atoms with Crippen LogP contribution >= 0.6 is 0 Å². The lowest BCUT2D eigenvalue weighted by atomic mass is 9.76. The number of likely N-dealkylation sites (N-methyl/N-ethyl adjacent to an activating group) is 1. The molecule has 1 aromatic carbocycles. The Morgan fingerprint density at radius 3 is 2.43 bits per heavy atom. The highest BCUT2D eigenvalue weighted by Crippen LogP contribution is 2.35. The second kappa shape index (κ2) is 6.04. The minimum Gasteiger partial charge on any atom is -0.326 e. The van der Waals surface area contributed by atoms with E-state index in [1.165, 1.54) is 0 Å². The van der Waals surface area contributed by atoms with Crippen molar-refractivity contribution in [2.45, 2.75) is 43.2 Å². The largest absolute Gasteiger partial charge is 0.326 e. The van der Waals surface area contributed by atoms with Gasteiger partial charge in [0.15, 0.2) is 0 Å². The number of nitrogens with one attached hydrogen (secondary N) is 1. The third-order valence-electron chi connectivity index (χ3n) is 4.59. The number of hydrogen-bond acceptors (Lipinski definition) is 4. The van der Waals surface area contributed by atoms with Crippen LogP contribution in [0.15, 0.2) is 23.1 Å². The first-order valence-corrected chi connectivity index (χ1v) is 8.76. The maximum atomic E-state index is 12.5. The molecule has 1 aliphatic carbocycles. The van der Waals surface area contributed by atoms with Crippen LogP contribution in [0.2, 0.25) is 0 Å². The second-order valence-electron chi connectivity index (χ2n) is 6.10. The van der Waals surface area contributed by atoms with E-state index in [9.17, 15) is 8.42 Å². The molecule has 1 fully saturated rings. The fourth-order valence-electron chi connectivity index (χ4n) is 2.81. The summed E-state index contributed by atoms with van der Waals surface area (Å²) in [5.74, 6) is 0. The van der Waals surface area contributed by atoms with Crippen molar-refractivity contribution < 1.29 is 8.42 Å². The van der Waals surface area contributed by atoms with Crippen molar-refractivity contribution in [1.82, 2.24) is 9.62 Å². The highest BCUT2D eigenvalue weighted by Gasteiger charge is 2.39. The Labute approximate surface area is 127 Å². The smallest absolute Gasteiger partial charge is 0.240 e. The number of benzene rings is 1. The molecule has 0 bridgehead atoms. The predicted molar refractivity (Wildman–Crippen MR) is 84.5 cm³/mol. The van der Waals surface area contributed by atoms with E-state index in [0.29, 0.717) is 18.0 Å². The van der Waals surface area contributed by atoms with Gasteiger partial charge in [-0.2, -0.15) is 0 Å². The molecule has 0 unspecified atom stereocenters. The van der Waals surface area contributed by atoms with Crippen molar-refractivity contribution in [1.29, 1.82) is 0 Å². The van der Waals surface area contributed by atoms with Crippen LogP contribution < -0.4 is 10.5 Å². The monoisotopic (exact) mass is 311 g/mol. The minimum absolute atomic E-state index is 0.0296. The molecular weight excluding hydrogens is 286 g/mol. The molecule has 0 spiro atoms. The Bertz CT molecular complexity index is 607. The summed E-state index contributed by atoms with van der Waals surface area (Å²) in [7, 11) is 0.541. The first-order chi connectivity index (χ1) is 9.81. The van der Waals surface area contributed by atoms with Gasteiger partial charge >= 0.3 is 0 Å². The third-order valence-corrected chi connectivity index (χ3v) is 6.15. The molecule has 118 valence electrons. The van der Waals surface area contributed by atoms with Gasteiger partial charge in [-0.1, -0.05) is 12.1 Å². The van der Waals surface area contributed by atoms with E-state index in [2.05, 4.69) is 9.62 Å². The summed E-state index contributed by atoms with van der Waals surface area (Å²) in [6, 6.07) is 5.25. The number of rotatable bonds is 6. The lowest BCUT2D eigenvalue weighted by Crippen LogP contribution is -2.57. The summed E-state index contributed by atoms with van der Waals surface area (Å²) in [4.78, 5) is 2.47. The molecular formula is C15H25N3O2S. The highest BCUT2D eigenvalue weighted by atomic mass is 32.2. The van der Waals surface area contributed by atoms with Crippen LogP contribution in [0.3, 0.4) is 0 Å². The molecule has 3 N–H and O–H groups in total. The Morgan fingerprint density at radius 1 is 1.33 bits per heavy atom. The van der Waals surface area contributed by atoms with Crippen molar-refractivity contribution in [3.8, 4) is 0 Å². The van der Waals surface area contributed by atoms with Crippen molar-refractivity contribution >= 4 is 10.0 Å². The molecule has 0 saturated heterocycles. The highest BCUT2D eigenvalue weighted by molar-refractivity contribution is 7.89. The number of nitrogens with two attached hydrogens (primary N) is 1. The molecule has 1 saturated carbocycles. The van der Waals surface area contributed by atoms with Gasteiger partial charge in [-0.15, -0.1) is 0 Å². The van der Waals surface area contributed by atoms with Crippen molar-refractivity contribution in [3.63, 3.8) is 0 Å². The van der Waals surface area contributed by atoms with E-state index in [0.717, 1.165) is 30.4 Å². The molecule has 1 aromatic rings. The SMILES string of the molecule is Cc1cc(CN)ccc1S(=O)(=O)NCC1(N(C)C)CCC1. The van der Waals surface area contributed by atoms with Gasteiger partial charge in [0.25, 0.3) is 0 Å². The van der Waals surface area contributed by atoms with Crippen LogP contribution in [0.4, 0.5) is 0 Å². The van der Waals surface area contributed by atoms with Gasteiger partial charge in [-0.25, -0.2) is 13.1 Å². The van der Waals surface area contributed by atoms with Gasteiger partial charge in [-0.05, 0) is 57.5 Å². The average Bonchev–Trinajstić information content (AvgIpc) is 2.36. The van der Waals surface area contributed by atoms with Crippen LogP contribution in [-0.2, 0) is 16.6 Å². The van der Waals surface area contributed by atoms with E-state index in [-0.39, 0.29) is 5.54 Å². The molecule has 0 radical (unpaired) electrons. The Kier molecular flexibility index (Phi) is 4.72. The summed E-state index contributed by atoms with van der Waals surface area (Å²) in [5.41, 5.74) is 7.23. The van der Waals surface area contributed by atoms with Gasteiger partial charge in [-0.3, -0.25) is 0 Å². The summed E-state index contributed by atoms with van der Waals surface area (Å²) in [6.07, 6.45) is 3.23. The quantitative estimate of drug-likeness (QED) is 0.828. The van der Waals surface area contributed by atoms with E-state index >= 15 is 0 Å². The average molecular weight is 311 g/mol. The molecule has 0 aromatic heterocycles. The zero-order chi connectivity index (χ0) is 15.7. The van der Waals surface area contributed by atoms with Crippen molar-refractivity contribution in [3.05, 3.63) is 29.3 Å². The fourth-order valence-corrected chi connectivity index (χ4v) is 4.16. The molecule has 1 aliphatic rings. The first kappa shape index (κ1) is 16.4. The van der Waals surface area contributed by atoms with Crippen molar-refractivity contribution in [2.24, 2.45) is 5.73 Å². The van der Waals surface area contributed by atoms with E-state index in [1.807, 2.05) is 20.2 Å². The fraction of sp³-hybridized carbons (Fsp3) is 0.600. The van der Waals surface area contributed by atoms with E-state index < -0.39 is 10.0 Å². The zero-order valence-electron chi connectivity index (χ0n) is 13.0. The minimum atomic E-state index is -3.48. The van der Waals surface area contributed by atoms with Gasteiger partial charge in [0, 0.05) is 18.6 Å². The Hall–Kier alpha value is -0.950. The molecule has 0 atom stereocenters. The van der Waals surface area contributed by atoms with Crippen LogP contribution in [0, 0.1) is 6.92 Å². The van der Waals surface area contributed by atoms with Crippen LogP contribution in [0.1, 0.15) is 30.4 Å². The maximum absolute atomic E-state index is 12.5. The van der Waals surface area contributed by atoms with Gasteiger partial charge in [0.2, 0.25) is 10.0 Å². The van der Waals surface area contributed by atoms with Crippen molar-refractivity contribution in [2.75, 3.05) is 20.6 Å². The Morgan fingerprint density at radius 2 is 2.00 bits per heavy atom. The molecule has 2 rings (SSSR count). The van der Waals surface area contributed by atoms with Gasteiger partial charge in [0.1, 0.15) is 0 Å². The molecule has 0 heterocycles. The molecule has 5 nitrogen and oxygen atoms in total. The molecule has 6 heteroatoms. The molecule has 21 heavy (non-hydrogen) atoms. The maximum Gasteiger partial charge on any atom is 0.240 e.